The molecule has 1 aromatic heterocycles. The van der Waals surface area contributed by atoms with Crippen LogP contribution in [0, 0.1) is 0 Å². The van der Waals surface area contributed by atoms with Gasteiger partial charge in [-0.1, -0.05) is 35.2 Å². The van der Waals surface area contributed by atoms with Gasteiger partial charge >= 0.3 is 0 Å². The van der Waals surface area contributed by atoms with E-state index in [0.29, 0.717) is 24.7 Å². The monoisotopic (exact) mass is 366 g/mol. The number of para-hydroxylation sites is 2. The van der Waals surface area contributed by atoms with Crippen LogP contribution in [0.1, 0.15) is 6.92 Å². The third-order valence-electron chi connectivity index (χ3n) is 3.16. The van der Waals surface area contributed by atoms with E-state index < -0.39 is 0 Å². The third-order valence-corrected chi connectivity index (χ3v) is 5.17. The van der Waals surface area contributed by atoms with Crippen molar-refractivity contribution >= 4 is 34.1 Å². The van der Waals surface area contributed by atoms with Crippen molar-refractivity contribution in [2.24, 2.45) is 0 Å². The molecule has 7 nitrogen and oxygen atoms in total. The number of amides is 1. The second kappa shape index (κ2) is 8.20. The van der Waals surface area contributed by atoms with Crippen molar-refractivity contribution < 1.29 is 14.3 Å². The standard InChI is InChI=1S/C15H18N4O3S2/c1-2-16-14-18-19-15(24-14)23-9-13(20)17-7-10-8-21-11-5-3-4-6-12(11)22-10/h3-6,10H,2,7-9H2,1H3,(H,16,18)(H,17,20)/t10-/m0/s1. The quantitative estimate of drug-likeness (QED) is 0.725. The fourth-order valence-electron chi connectivity index (χ4n) is 2.06. The average Bonchev–Trinajstić information content (AvgIpc) is 3.06. The molecule has 0 aliphatic carbocycles. The number of fused-ring (bicyclic) bond motifs is 1. The number of hydrogen-bond donors (Lipinski definition) is 2. The van der Waals surface area contributed by atoms with Gasteiger partial charge in [0.1, 0.15) is 12.7 Å². The minimum Gasteiger partial charge on any atom is -0.486 e. The first-order valence-corrected chi connectivity index (χ1v) is 9.40. The molecule has 2 aromatic rings. The van der Waals surface area contributed by atoms with E-state index in [2.05, 4.69) is 20.8 Å². The van der Waals surface area contributed by atoms with E-state index in [9.17, 15) is 4.79 Å². The molecular formula is C15H18N4O3S2. The highest BCUT2D eigenvalue weighted by atomic mass is 32.2. The van der Waals surface area contributed by atoms with Gasteiger partial charge in [0.2, 0.25) is 11.0 Å². The predicted molar refractivity (Wildman–Crippen MR) is 94.2 cm³/mol. The number of anilines is 1. The fourth-order valence-corrected chi connectivity index (χ4v) is 3.71. The van der Waals surface area contributed by atoms with Gasteiger partial charge in [-0.15, -0.1) is 10.2 Å². The maximum absolute atomic E-state index is 11.9. The maximum Gasteiger partial charge on any atom is 0.230 e. The summed E-state index contributed by atoms with van der Waals surface area (Å²) >= 11 is 2.81. The molecule has 0 saturated heterocycles. The molecule has 0 bridgehead atoms. The second-order valence-electron chi connectivity index (χ2n) is 4.99. The lowest BCUT2D eigenvalue weighted by atomic mass is 10.2. The van der Waals surface area contributed by atoms with Gasteiger partial charge in [0, 0.05) is 6.54 Å². The molecule has 1 aromatic carbocycles. The van der Waals surface area contributed by atoms with E-state index in [1.165, 1.54) is 23.1 Å². The van der Waals surface area contributed by atoms with E-state index >= 15 is 0 Å². The summed E-state index contributed by atoms with van der Waals surface area (Å²) in [4.78, 5) is 11.9. The van der Waals surface area contributed by atoms with Crippen LogP contribution in [0.5, 0.6) is 11.5 Å². The zero-order valence-corrected chi connectivity index (χ0v) is 14.8. The zero-order chi connectivity index (χ0) is 16.8. The molecule has 9 heteroatoms. The van der Waals surface area contributed by atoms with Gasteiger partial charge in [-0.05, 0) is 19.1 Å². The molecule has 1 aliphatic rings. The molecule has 1 aliphatic heterocycles. The Hall–Kier alpha value is -2.00. The first kappa shape index (κ1) is 16.8. The molecule has 1 amide bonds. The van der Waals surface area contributed by atoms with Crippen LogP contribution in [0.15, 0.2) is 28.6 Å². The van der Waals surface area contributed by atoms with E-state index in [1.54, 1.807) is 0 Å². The number of thioether (sulfide) groups is 1. The average molecular weight is 366 g/mol. The van der Waals surface area contributed by atoms with Gasteiger partial charge in [0.05, 0.1) is 12.3 Å². The lowest BCUT2D eigenvalue weighted by Crippen LogP contribution is -2.41. The van der Waals surface area contributed by atoms with Crippen LogP contribution in [0.4, 0.5) is 5.13 Å². The Morgan fingerprint density at radius 2 is 2.21 bits per heavy atom. The maximum atomic E-state index is 11.9. The molecule has 1 atom stereocenters. The Balaban J connectivity index is 1.40. The molecular weight excluding hydrogens is 348 g/mol. The summed E-state index contributed by atoms with van der Waals surface area (Å²) in [5.74, 6) is 1.68. The van der Waals surface area contributed by atoms with Gasteiger partial charge in [0.25, 0.3) is 0 Å². The third kappa shape index (κ3) is 4.51. The Morgan fingerprint density at radius 3 is 3.04 bits per heavy atom. The molecule has 0 spiro atoms. The molecule has 24 heavy (non-hydrogen) atoms. The molecule has 2 heterocycles. The first-order chi connectivity index (χ1) is 11.7. The summed E-state index contributed by atoms with van der Waals surface area (Å²) in [6.07, 6.45) is -0.185. The van der Waals surface area contributed by atoms with E-state index in [1.807, 2.05) is 31.2 Å². The van der Waals surface area contributed by atoms with E-state index in [-0.39, 0.29) is 12.0 Å². The van der Waals surface area contributed by atoms with E-state index in [0.717, 1.165) is 21.8 Å². The molecule has 128 valence electrons. The number of benzene rings is 1. The zero-order valence-electron chi connectivity index (χ0n) is 13.2. The summed E-state index contributed by atoms with van der Waals surface area (Å²) in [7, 11) is 0. The van der Waals surface area contributed by atoms with Crippen molar-refractivity contribution in [3.63, 3.8) is 0 Å². The normalized spacial score (nSPS) is 15.8. The smallest absolute Gasteiger partial charge is 0.230 e. The van der Waals surface area contributed by atoms with Crippen LogP contribution in [0.25, 0.3) is 0 Å². The Kier molecular flexibility index (Phi) is 5.76. The minimum absolute atomic E-state index is 0.0670. The van der Waals surface area contributed by atoms with Crippen LogP contribution in [0.2, 0.25) is 0 Å². The second-order valence-corrected chi connectivity index (χ2v) is 7.19. The van der Waals surface area contributed by atoms with Crippen LogP contribution in [-0.4, -0.2) is 47.7 Å². The fraction of sp³-hybridized carbons (Fsp3) is 0.400. The van der Waals surface area contributed by atoms with Gasteiger partial charge in [-0.25, -0.2) is 0 Å². The highest BCUT2D eigenvalue weighted by Crippen LogP contribution is 2.30. The van der Waals surface area contributed by atoms with Crippen molar-refractivity contribution in [3.05, 3.63) is 24.3 Å². The first-order valence-electron chi connectivity index (χ1n) is 7.60. The number of nitrogens with zero attached hydrogens (tertiary/aromatic N) is 2. The topological polar surface area (TPSA) is 85.4 Å². The van der Waals surface area contributed by atoms with Crippen molar-refractivity contribution in [1.82, 2.24) is 15.5 Å². The summed E-state index contributed by atoms with van der Waals surface area (Å²) in [5, 5.41) is 14.7. The number of carbonyl (C=O) groups excluding carboxylic acids is 1. The largest absolute Gasteiger partial charge is 0.486 e. The number of ether oxygens (including phenoxy) is 2. The van der Waals surface area contributed by atoms with Crippen LogP contribution in [-0.2, 0) is 4.79 Å². The van der Waals surface area contributed by atoms with Crippen molar-refractivity contribution in [2.75, 3.05) is 30.8 Å². The molecule has 2 N–H and O–H groups in total. The minimum atomic E-state index is -0.185. The van der Waals surface area contributed by atoms with Gasteiger partial charge < -0.3 is 20.1 Å². The SMILES string of the molecule is CCNc1nnc(SCC(=O)NC[C@H]2COc3ccccc3O2)s1. The van der Waals surface area contributed by atoms with Crippen molar-refractivity contribution in [3.8, 4) is 11.5 Å². The van der Waals surface area contributed by atoms with Crippen LogP contribution < -0.4 is 20.1 Å². The Bertz CT molecular complexity index is 695. The Morgan fingerprint density at radius 1 is 1.38 bits per heavy atom. The summed E-state index contributed by atoms with van der Waals surface area (Å²) in [6, 6.07) is 7.51. The van der Waals surface area contributed by atoms with E-state index in [4.69, 9.17) is 9.47 Å². The van der Waals surface area contributed by atoms with Gasteiger partial charge in [0.15, 0.2) is 15.8 Å². The summed E-state index contributed by atoms with van der Waals surface area (Å²) < 4.78 is 12.2. The molecule has 0 fully saturated rings. The number of aromatic nitrogens is 2. The number of carbonyl (C=O) groups is 1. The van der Waals surface area contributed by atoms with Crippen LogP contribution in [0.3, 0.4) is 0 Å². The molecule has 3 rings (SSSR count). The molecule has 0 saturated carbocycles. The Labute approximate surface area is 148 Å². The lowest BCUT2D eigenvalue weighted by Gasteiger charge is -2.26. The highest BCUT2D eigenvalue weighted by Gasteiger charge is 2.21. The summed E-state index contributed by atoms with van der Waals surface area (Å²) in [5.41, 5.74) is 0. The van der Waals surface area contributed by atoms with Gasteiger partial charge in [-0.2, -0.15) is 0 Å². The predicted octanol–water partition coefficient (Wildman–Crippen LogP) is 2.02. The highest BCUT2D eigenvalue weighted by molar-refractivity contribution is 8.01. The van der Waals surface area contributed by atoms with Crippen molar-refractivity contribution in [2.45, 2.75) is 17.4 Å². The van der Waals surface area contributed by atoms with Crippen molar-refractivity contribution in [1.29, 1.82) is 0 Å². The van der Waals surface area contributed by atoms with Gasteiger partial charge in [-0.3, -0.25) is 4.79 Å². The summed E-state index contributed by atoms with van der Waals surface area (Å²) in [6.45, 7) is 3.63. The molecule has 0 radical (unpaired) electrons. The number of rotatable bonds is 7. The number of hydrogen-bond acceptors (Lipinski definition) is 8. The molecule has 0 unspecified atom stereocenters. The van der Waals surface area contributed by atoms with Crippen LogP contribution >= 0.6 is 23.1 Å². The lowest BCUT2D eigenvalue weighted by molar-refractivity contribution is -0.119. The number of nitrogens with one attached hydrogen (secondary N) is 2.